The van der Waals surface area contributed by atoms with Crippen LogP contribution in [0, 0.1) is 12.8 Å². The normalized spacial score (nSPS) is 16.0. The molecule has 1 saturated heterocycles. The maximum Gasteiger partial charge on any atom is 0.246 e. The van der Waals surface area contributed by atoms with Crippen LogP contribution >= 0.6 is 11.6 Å². The van der Waals surface area contributed by atoms with Gasteiger partial charge in [-0.3, -0.25) is 4.79 Å². The number of amides is 1. The van der Waals surface area contributed by atoms with Crippen LogP contribution in [0.3, 0.4) is 0 Å². The van der Waals surface area contributed by atoms with Gasteiger partial charge in [0.2, 0.25) is 15.9 Å². The molecule has 3 rings (SSSR count). The fraction of sp³-hybridized carbons (Fsp3) is 0.350. The van der Waals surface area contributed by atoms with Crippen molar-refractivity contribution in [3.63, 3.8) is 0 Å². The van der Waals surface area contributed by atoms with E-state index >= 15 is 0 Å². The second-order valence-electron chi connectivity index (χ2n) is 6.80. The van der Waals surface area contributed by atoms with Gasteiger partial charge in [0.15, 0.2) is 0 Å². The number of rotatable bonds is 5. The zero-order chi connectivity index (χ0) is 20.3. The summed E-state index contributed by atoms with van der Waals surface area (Å²) in [7, 11) is -2.23. The van der Waals surface area contributed by atoms with Gasteiger partial charge in [-0.15, -0.1) is 0 Å². The second-order valence-corrected chi connectivity index (χ2v) is 9.12. The molecule has 0 unspecified atom stereocenters. The highest BCUT2D eigenvalue weighted by atomic mass is 35.5. The number of ether oxygens (including phenoxy) is 1. The number of benzene rings is 2. The van der Waals surface area contributed by atoms with Crippen LogP contribution in [0.2, 0.25) is 5.02 Å². The molecule has 1 N–H and O–H groups in total. The smallest absolute Gasteiger partial charge is 0.246 e. The van der Waals surface area contributed by atoms with Crippen molar-refractivity contribution in [1.29, 1.82) is 0 Å². The number of para-hydroxylation sites is 1. The summed E-state index contributed by atoms with van der Waals surface area (Å²) < 4.78 is 32.8. The van der Waals surface area contributed by atoms with E-state index in [1.165, 1.54) is 11.4 Å². The van der Waals surface area contributed by atoms with Crippen molar-refractivity contribution in [1.82, 2.24) is 4.31 Å². The highest BCUT2D eigenvalue weighted by molar-refractivity contribution is 7.89. The molecule has 1 fully saturated rings. The molecule has 150 valence electrons. The number of nitrogens with zero attached hydrogens (tertiary/aromatic N) is 1. The van der Waals surface area contributed by atoms with E-state index < -0.39 is 10.0 Å². The van der Waals surface area contributed by atoms with Crippen LogP contribution in [-0.4, -0.2) is 38.8 Å². The van der Waals surface area contributed by atoms with E-state index in [4.69, 9.17) is 16.3 Å². The lowest BCUT2D eigenvalue weighted by molar-refractivity contribution is -0.120. The first-order valence-corrected chi connectivity index (χ1v) is 10.8. The van der Waals surface area contributed by atoms with Gasteiger partial charge in [-0.1, -0.05) is 29.8 Å². The first kappa shape index (κ1) is 20.6. The molecule has 1 aliphatic heterocycles. The predicted octanol–water partition coefficient (Wildman–Crippen LogP) is 3.70. The Bertz CT molecular complexity index is 970. The molecule has 8 heteroatoms. The minimum absolute atomic E-state index is 0.140. The van der Waals surface area contributed by atoms with Crippen molar-refractivity contribution in [2.75, 3.05) is 25.5 Å². The third-order valence-corrected chi connectivity index (χ3v) is 7.14. The lowest BCUT2D eigenvalue weighted by atomic mass is 9.97. The molecule has 2 aromatic carbocycles. The van der Waals surface area contributed by atoms with E-state index in [-0.39, 0.29) is 29.8 Å². The van der Waals surface area contributed by atoms with Crippen LogP contribution in [0.4, 0.5) is 5.69 Å². The Kier molecular flexibility index (Phi) is 6.27. The molecule has 28 heavy (non-hydrogen) atoms. The SMILES string of the molecule is COc1ccc(C)cc1S(=O)(=O)N1CCC(C(=O)Nc2ccccc2Cl)CC1. The first-order valence-electron chi connectivity index (χ1n) is 9.03. The number of halogens is 1. The molecule has 0 aromatic heterocycles. The quantitative estimate of drug-likeness (QED) is 0.797. The van der Waals surface area contributed by atoms with Gasteiger partial charge in [0.05, 0.1) is 17.8 Å². The number of nitrogens with one attached hydrogen (secondary N) is 1. The number of hydrogen-bond acceptors (Lipinski definition) is 4. The van der Waals surface area contributed by atoms with Crippen molar-refractivity contribution in [3.05, 3.63) is 53.1 Å². The third kappa shape index (κ3) is 4.32. The number of anilines is 1. The molecule has 1 heterocycles. The van der Waals surface area contributed by atoms with E-state index in [0.717, 1.165) is 5.56 Å². The molecule has 1 aliphatic rings. The highest BCUT2D eigenvalue weighted by Gasteiger charge is 2.33. The zero-order valence-electron chi connectivity index (χ0n) is 15.8. The van der Waals surface area contributed by atoms with Gasteiger partial charge in [-0.2, -0.15) is 4.31 Å². The minimum Gasteiger partial charge on any atom is -0.495 e. The number of sulfonamides is 1. The molecule has 0 aliphatic carbocycles. The van der Waals surface area contributed by atoms with Gasteiger partial charge in [-0.05, 0) is 49.6 Å². The Balaban J connectivity index is 1.69. The van der Waals surface area contributed by atoms with Crippen molar-refractivity contribution in [2.24, 2.45) is 5.92 Å². The molecule has 1 amide bonds. The standard InChI is InChI=1S/C20H23ClN2O4S/c1-14-7-8-18(27-2)19(13-14)28(25,26)23-11-9-15(10-12-23)20(24)22-17-6-4-3-5-16(17)21/h3-8,13,15H,9-12H2,1-2H3,(H,22,24). The molecule has 2 aromatic rings. The maximum absolute atomic E-state index is 13.1. The fourth-order valence-corrected chi connectivity index (χ4v) is 5.17. The lowest BCUT2D eigenvalue weighted by Crippen LogP contribution is -2.41. The Hall–Kier alpha value is -2.09. The second kappa shape index (κ2) is 8.51. The highest BCUT2D eigenvalue weighted by Crippen LogP contribution is 2.31. The van der Waals surface area contributed by atoms with Gasteiger partial charge in [-0.25, -0.2) is 8.42 Å². The summed E-state index contributed by atoms with van der Waals surface area (Å²) in [4.78, 5) is 12.7. The summed E-state index contributed by atoms with van der Waals surface area (Å²) in [6.07, 6.45) is 0.896. The number of carbonyl (C=O) groups is 1. The number of hydrogen-bond donors (Lipinski definition) is 1. The summed E-state index contributed by atoms with van der Waals surface area (Å²) in [5, 5.41) is 3.31. The average Bonchev–Trinajstić information content (AvgIpc) is 2.69. The van der Waals surface area contributed by atoms with E-state index in [1.807, 2.05) is 13.0 Å². The van der Waals surface area contributed by atoms with Crippen LogP contribution in [0.1, 0.15) is 18.4 Å². The molecular weight excluding hydrogens is 400 g/mol. The Morgan fingerprint density at radius 3 is 2.50 bits per heavy atom. The summed E-state index contributed by atoms with van der Waals surface area (Å²) in [6.45, 7) is 2.39. The van der Waals surface area contributed by atoms with E-state index in [1.54, 1.807) is 36.4 Å². The largest absolute Gasteiger partial charge is 0.495 e. The first-order chi connectivity index (χ1) is 13.3. The van der Waals surface area contributed by atoms with Crippen molar-refractivity contribution < 1.29 is 17.9 Å². The summed E-state index contributed by atoms with van der Waals surface area (Å²) in [6, 6.07) is 12.1. The average molecular weight is 423 g/mol. The van der Waals surface area contributed by atoms with Crippen LogP contribution in [0.15, 0.2) is 47.4 Å². The number of piperidine rings is 1. The van der Waals surface area contributed by atoms with Crippen molar-refractivity contribution >= 4 is 33.2 Å². The van der Waals surface area contributed by atoms with Crippen LogP contribution in [-0.2, 0) is 14.8 Å². The van der Waals surface area contributed by atoms with Crippen LogP contribution in [0.5, 0.6) is 5.75 Å². The van der Waals surface area contributed by atoms with E-state index in [2.05, 4.69) is 5.32 Å². The molecule has 0 atom stereocenters. The summed E-state index contributed by atoms with van der Waals surface area (Å²) >= 11 is 6.09. The van der Waals surface area contributed by atoms with Gasteiger partial charge in [0.25, 0.3) is 0 Å². The molecular formula is C20H23ClN2O4S. The Morgan fingerprint density at radius 2 is 1.86 bits per heavy atom. The van der Waals surface area contributed by atoms with Gasteiger partial charge >= 0.3 is 0 Å². The minimum atomic E-state index is -3.69. The fourth-order valence-electron chi connectivity index (χ4n) is 3.28. The van der Waals surface area contributed by atoms with Gasteiger partial charge < -0.3 is 10.1 Å². The van der Waals surface area contributed by atoms with Crippen molar-refractivity contribution in [2.45, 2.75) is 24.7 Å². The third-order valence-electron chi connectivity index (χ3n) is 4.89. The van der Waals surface area contributed by atoms with E-state index in [9.17, 15) is 13.2 Å². The number of methoxy groups -OCH3 is 1. The zero-order valence-corrected chi connectivity index (χ0v) is 17.4. The van der Waals surface area contributed by atoms with Gasteiger partial charge in [0, 0.05) is 19.0 Å². The van der Waals surface area contributed by atoms with Crippen LogP contribution < -0.4 is 10.1 Å². The maximum atomic E-state index is 13.1. The van der Waals surface area contributed by atoms with Crippen molar-refractivity contribution in [3.8, 4) is 5.75 Å². The molecule has 6 nitrogen and oxygen atoms in total. The molecule has 0 saturated carbocycles. The van der Waals surface area contributed by atoms with Gasteiger partial charge in [0.1, 0.15) is 10.6 Å². The monoisotopic (exact) mass is 422 g/mol. The lowest BCUT2D eigenvalue weighted by Gasteiger charge is -2.31. The number of carbonyl (C=O) groups excluding carboxylic acids is 1. The summed E-state index contributed by atoms with van der Waals surface area (Å²) in [5.41, 5.74) is 1.40. The van der Waals surface area contributed by atoms with E-state index in [0.29, 0.717) is 29.3 Å². The topological polar surface area (TPSA) is 75.7 Å². The Labute approximate surface area is 170 Å². The molecule has 0 bridgehead atoms. The molecule has 0 spiro atoms. The Morgan fingerprint density at radius 1 is 1.18 bits per heavy atom. The number of aryl methyl sites for hydroxylation is 1. The predicted molar refractivity (Wildman–Crippen MR) is 109 cm³/mol. The molecule has 0 radical (unpaired) electrons. The summed E-state index contributed by atoms with van der Waals surface area (Å²) in [5.74, 6) is -0.0791. The van der Waals surface area contributed by atoms with Crippen LogP contribution in [0.25, 0.3) is 0 Å².